The predicted molar refractivity (Wildman–Crippen MR) is 92.2 cm³/mol. The van der Waals surface area contributed by atoms with Gasteiger partial charge in [0.05, 0.1) is 14.2 Å². The second-order valence-electron chi connectivity index (χ2n) is 5.00. The SMILES string of the molecule is C=CCOc1c(CNCc2ccc(OC)cc2)cccc1OC. The fourth-order valence-corrected chi connectivity index (χ4v) is 2.25. The Kier molecular flexibility index (Phi) is 6.51. The average Bonchev–Trinajstić information content (AvgIpc) is 2.60. The van der Waals surface area contributed by atoms with Crippen LogP contribution in [0.2, 0.25) is 0 Å². The van der Waals surface area contributed by atoms with Gasteiger partial charge in [0, 0.05) is 18.7 Å². The predicted octanol–water partition coefficient (Wildman–Crippen LogP) is 3.56. The lowest BCUT2D eigenvalue weighted by atomic mass is 10.1. The number of nitrogens with one attached hydrogen (secondary N) is 1. The molecule has 0 saturated carbocycles. The van der Waals surface area contributed by atoms with Gasteiger partial charge in [0.15, 0.2) is 11.5 Å². The Morgan fingerprint density at radius 2 is 1.78 bits per heavy atom. The van der Waals surface area contributed by atoms with Crippen molar-refractivity contribution in [1.82, 2.24) is 5.32 Å². The second-order valence-corrected chi connectivity index (χ2v) is 5.00. The van der Waals surface area contributed by atoms with Gasteiger partial charge < -0.3 is 19.5 Å². The van der Waals surface area contributed by atoms with Crippen molar-refractivity contribution in [2.75, 3.05) is 20.8 Å². The summed E-state index contributed by atoms with van der Waals surface area (Å²) in [7, 11) is 3.31. The van der Waals surface area contributed by atoms with Gasteiger partial charge in [0.2, 0.25) is 0 Å². The lowest BCUT2D eigenvalue weighted by Crippen LogP contribution is -2.14. The van der Waals surface area contributed by atoms with Crippen LogP contribution in [0.15, 0.2) is 55.1 Å². The highest BCUT2D eigenvalue weighted by molar-refractivity contribution is 5.46. The Balaban J connectivity index is 1.99. The van der Waals surface area contributed by atoms with Gasteiger partial charge in [-0.25, -0.2) is 0 Å². The first kappa shape index (κ1) is 16.9. The molecule has 0 fully saturated rings. The van der Waals surface area contributed by atoms with Crippen molar-refractivity contribution < 1.29 is 14.2 Å². The van der Waals surface area contributed by atoms with Crippen molar-refractivity contribution in [1.29, 1.82) is 0 Å². The van der Waals surface area contributed by atoms with Gasteiger partial charge >= 0.3 is 0 Å². The van der Waals surface area contributed by atoms with Gasteiger partial charge in [-0.15, -0.1) is 0 Å². The number of methoxy groups -OCH3 is 2. The summed E-state index contributed by atoms with van der Waals surface area (Å²) in [5, 5.41) is 3.42. The molecule has 122 valence electrons. The molecule has 0 atom stereocenters. The number of rotatable bonds is 9. The third-order valence-corrected chi connectivity index (χ3v) is 3.43. The minimum absolute atomic E-state index is 0.450. The third-order valence-electron chi connectivity index (χ3n) is 3.43. The first-order chi connectivity index (χ1) is 11.3. The smallest absolute Gasteiger partial charge is 0.166 e. The lowest BCUT2D eigenvalue weighted by molar-refractivity contribution is 0.322. The van der Waals surface area contributed by atoms with E-state index in [4.69, 9.17) is 14.2 Å². The standard InChI is InChI=1S/C19H23NO3/c1-4-12-23-19-16(6-5-7-18(19)22-3)14-20-13-15-8-10-17(21-2)11-9-15/h4-11,20H,1,12-14H2,2-3H3. The Morgan fingerprint density at radius 3 is 2.43 bits per heavy atom. The Bertz CT molecular complexity index is 623. The van der Waals surface area contributed by atoms with E-state index in [0.717, 1.165) is 29.4 Å². The number of benzene rings is 2. The van der Waals surface area contributed by atoms with E-state index < -0.39 is 0 Å². The van der Waals surface area contributed by atoms with Crippen LogP contribution in [0.4, 0.5) is 0 Å². The zero-order valence-corrected chi connectivity index (χ0v) is 13.7. The first-order valence-electron chi connectivity index (χ1n) is 7.51. The molecule has 2 aromatic rings. The molecule has 0 bridgehead atoms. The summed E-state index contributed by atoms with van der Waals surface area (Å²) in [6.07, 6.45) is 1.72. The van der Waals surface area contributed by atoms with E-state index in [-0.39, 0.29) is 0 Å². The summed E-state index contributed by atoms with van der Waals surface area (Å²) >= 11 is 0. The van der Waals surface area contributed by atoms with E-state index in [1.165, 1.54) is 5.56 Å². The lowest BCUT2D eigenvalue weighted by Gasteiger charge is -2.14. The van der Waals surface area contributed by atoms with Crippen LogP contribution in [0.1, 0.15) is 11.1 Å². The van der Waals surface area contributed by atoms with Gasteiger partial charge in [-0.05, 0) is 23.8 Å². The quantitative estimate of drug-likeness (QED) is 0.719. The Labute approximate surface area is 137 Å². The molecule has 4 nitrogen and oxygen atoms in total. The molecular formula is C19H23NO3. The monoisotopic (exact) mass is 313 g/mol. The highest BCUT2D eigenvalue weighted by Gasteiger charge is 2.09. The van der Waals surface area contributed by atoms with Gasteiger partial charge in [0.1, 0.15) is 12.4 Å². The topological polar surface area (TPSA) is 39.7 Å². The molecule has 0 amide bonds. The van der Waals surface area contributed by atoms with Crippen molar-refractivity contribution in [2.45, 2.75) is 13.1 Å². The van der Waals surface area contributed by atoms with Crippen LogP contribution in [-0.4, -0.2) is 20.8 Å². The maximum atomic E-state index is 5.74. The normalized spacial score (nSPS) is 10.2. The van der Waals surface area contributed by atoms with E-state index in [0.29, 0.717) is 13.2 Å². The molecular weight excluding hydrogens is 290 g/mol. The Hall–Kier alpha value is -2.46. The molecule has 0 radical (unpaired) electrons. The molecule has 4 heteroatoms. The molecule has 0 heterocycles. The molecule has 0 aliphatic carbocycles. The summed E-state index contributed by atoms with van der Waals surface area (Å²) in [4.78, 5) is 0. The number of hydrogen-bond acceptors (Lipinski definition) is 4. The van der Waals surface area contributed by atoms with Crippen LogP contribution in [0.5, 0.6) is 17.2 Å². The van der Waals surface area contributed by atoms with Gasteiger partial charge in [0.25, 0.3) is 0 Å². The van der Waals surface area contributed by atoms with Crippen LogP contribution < -0.4 is 19.5 Å². The highest BCUT2D eigenvalue weighted by Crippen LogP contribution is 2.31. The summed E-state index contributed by atoms with van der Waals surface area (Å²) in [5.41, 5.74) is 2.25. The fourth-order valence-electron chi connectivity index (χ4n) is 2.25. The van der Waals surface area contributed by atoms with Gasteiger partial charge in [-0.3, -0.25) is 0 Å². The Morgan fingerprint density at radius 1 is 1.00 bits per heavy atom. The van der Waals surface area contributed by atoms with E-state index in [1.807, 2.05) is 42.5 Å². The van der Waals surface area contributed by atoms with Crippen molar-refractivity contribution in [2.24, 2.45) is 0 Å². The van der Waals surface area contributed by atoms with Crippen LogP contribution in [0, 0.1) is 0 Å². The van der Waals surface area contributed by atoms with Crippen molar-refractivity contribution in [3.05, 3.63) is 66.2 Å². The van der Waals surface area contributed by atoms with Crippen LogP contribution in [0.25, 0.3) is 0 Å². The molecule has 1 N–H and O–H groups in total. The summed E-state index contributed by atoms with van der Waals surface area (Å²) in [6, 6.07) is 13.9. The van der Waals surface area contributed by atoms with Crippen molar-refractivity contribution >= 4 is 0 Å². The van der Waals surface area contributed by atoms with E-state index in [1.54, 1.807) is 20.3 Å². The van der Waals surface area contributed by atoms with Crippen LogP contribution >= 0.6 is 0 Å². The van der Waals surface area contributed by atoms with Crippen molar-refractivity contribution in [3.8, 4) is 17.2 Å². The minimum atomic E-state index is 0.450. The largest absolute Gasteiger partial charge is 0.497 e. The molecule has 23 heavy (non-hydrogen) atoms. The van der Waals surface area contributed by atoms with Crippen molar-refractivity contribution in [3.63, 3.8) is 0 Å². The first-order valence-corrected chi connectivity index (χ1v) is 7.51. The maximum Gasteiger partial charge on any atom is 0.166 e. The highest BCUT2D eigenvalue weighted by atomic mass is 16.5. The zero-order chi connectivity index (χ0) is 16.5. The average molecular weight is 313 g/mol. The number of hydrogen-bond donors (Lipinski definition) is 1. The molecule has 2 aromatic carbocycles. The summed E-state index contributed by atoms with van der Waals surface area (Å²) < 4.78 is 16.3. The minimum Gasteiger partial charge on any atom is -0.497 e. The summed E-state index contributed by atoms with van der Waals surface area (Å²) in [6.45, 7) is 5.59. The fraction of sp³-hybridized carbons (Fsp3) is 0.263. The molecule has 0 aromatic heterocycles. The zero-order valence-electron chi connectivity index (χ0n) is 13.7. The van der Waals surface area contributed by atoms with Gasteiger partial charge in [-0.2, -0.15) is 0 Å². The molecule has 0 saturated heterocycles. The molecule has 0 unspecified atom stereocenters. The number of ether oxygens (including phenoxy) is 3. The second kappa shape index (κ2) is 8.86. The maximum absolute atomic E-state index is 5.74. The summed E-state index contributed by atoms with van der Waals surface area (Å²) in [5.74, 6) is 2.36. The van der Waals surface area contributed by atoms with E-state index >= 15 is 0 Å². The van der Waals surface area contributed by atoms with Crippen LogP contribution in [-0.2, 0) is 13.1 Å². The number of para-hydroxylation sites is 1. The molecule has 0 aliphatic rings. The third kappa shape index (κ3) is 4.76. The molecule has 2 rings (SSSR count). The van der Waals surface area contributed by atoms with Gasteiger partial charge in [-0.1, -0.05) is 36.9 Å². The molecule has 0 aliphatic heterocycles. The van der Waals surface area contributed by atoms with E-state index in [9.17, 15) is 0 Å². The van der Waals surface area contributed by atoms with E-state index in [2.05, 4.69) is 11.9 Å². The van der Waals surface area contributed by atoms with Crippen LogP contribution in [0.3, 0.4) is 0 Å². The molecule has 0 spiro atoms.